The Labute approximate surface area is 110 Å². The van der Waals surface area contributed by atoms with Crippen LogP contribution in [0.5, 0.6) is 0 Å². The fourth-order valence-electron chi connectivity index (χ4n) is 1.51. The van der Waals surface area contributed by atoms with Gasteiger partial charge in [-0.05, 0) is 12.5 Å². The number of benzene rings is 1. The Morgan fingerprint density at radius 1 is 1.47 bits per heavy atom. The van der Waals surface area contributed by atoms with Crippen LogP contribution in [0.15, 0.2) is 18.2 Å². The molecule has 0 radical (unpaired) electrons. The van der Waals surface area contributed by atoms with Crippen molar-refractivity contribution in [2.45, 2.75) is 13.3 Å². The summed E-state index contributed by atoms with van der Waals surface area (Å²) in [5.74, 6) is -0.915. The number of rotatable bonds is 6. The number of non-ortho nitro benzene ring substituents is 1. The summed E-state index contributed by atoms with van der Waals surface area (Å²) in [4.78, 5) is 22.9. The van der Waals surface area contributed by atoms with Gasteiger partial charge >= 0.3 is 0 Å². The zero-order valence-electron chi connectivity index (χ0n) is 10.9. The van der Waals surface area contributed by atoms with Crippen molar-refractivity contribution in [3.8, 4) is 0 Å². The maximum atomic E-state index is 13.3. The molecule has 0 aromatic heterocycles. The van der Waals surface area contributed by atoms with Gasteiger partial charge in [0.2, 0.25) is 5.91 Å². The van der Waals surface area contributed by atoms with Crippen LogP contribution in [-0.2, 0) is 4.79 Å². The van der Waals surface area contributed by atoms with E-state index in [2.05, 4.69) is 5.32 Å². The Bertz CT molecular complexity index is 479. The summed E-state index contributed by atoms with van der Waals surface area (Å²) in [5, 5.41) is 13.3. The molecule has 0 aliphatic carbocycles. The van der Waals surface area contributed by atoms with Gasteiger partial charge in [-0.2, -0.15) is 0 Å². The molecule has 1 rings (SSSR count). The lowest BCUT2D eigenvalue weighted by Crippen LogP contribution is -2.35. The Morgan fingerprint density at radius 2 is 2.16 bits per heavy atom. The number of carbonyl (C=O) groups is 1. The van der Waals surface area contributed by atoms with Gasteiger partial charge in [-0.1, -0.05) is 6.92 Å². The number of anilines is 1. The highest BCUT2D eigenvalue weighted by atomic mass is 19.1. The highest BCUT2D eigenvalue weighted by Crippen LogP contribution is 2.22. The third-order valence-electron chi connectivity index (χ3n) is 2.47. The van der Waals surface area contributed by atoms with Crippen LogP contribution in [0, 0.1) is 15.9 Å². The third kappa shape index (κ3) is 4.53. The molecule has 0 heterocycles. The van der Waals surface area contributed by atoms with E-state index in [9.17, 15) is 19.3 Å². The summed E-state index contributed by atoms with van der Waals surface area (Å²) in [7, 11) is 1.57. The molecule has 7 heteroatoms. The summed E-state index contributed by atoms with van der Waals surface area (Å²) in [6.45, 7) is 2.51. The Hall–Kier alpha value is -2.18. The smallest absolute Gasteiger partial charge is 0.274 e. The second-order valence-electron chi connectivity index (χ2n) is 4.13. The van der Waals surface area contributed by atoms with Gasteiger partial charge in [0.15, 0.2) is 0 Å². The van der Waals surface area contributed by atoms with Gasteiger partial charge in [-0.3, -0.25) is 14.9 Å². The number of nitrogens with zero attached hydrogens (tertiary/aromatic N) is 2. The fourth-order valence-corrected chi connectivity index (χ4v) is 1.51. The minimum Gasteiger partial charge on any atom is -0.365 e. The Kier molecular flexibility index (Phi) is 5.23. The van der Waals surface area contributed by atoms with E-state index >= 15 is 0 Å². The first-order valence-electron chi connectivity index (χ1n) is 5.87. The van der Waals surface area contributed by atoms with Crippen LogP contribution in [0.3, 0.4) is 0 Å². The van der Waals surface area contributed by atoms with Crippen molar-refractivity contribution < 1.29 is 14.1 Å². The molecule has 0 fully saturated rings. The van der Waals surface area contributed by atoms with Gasteiger partial charge in [0, 0.05) is 25.3 Å². The van der Waals surface area contributed by atoms with E-state index in [-0.39, 0.29) is 18.1 Å². The lowest BCUT2D eigenvalue weighted by Gasteiger charge is -2.18. The number of nitro groups is 1. The molecule has 0 saturated carbocycles. The van der Waals surface area contributed by atoms with E-state index in [1.54, 1.807) is 7.05 Å². The molecule has 0 bridgehead atoms. The largest absolute Gasteiger partial charge is 0.365 e. The zero-order chi connectivity index (χ0) is 14.4. The van der Waals surface area contributed by atoms with Gasteiger partial charge in [-0.15, -0.1) is 0 Å². The van der Waals surface area contributed by atoms with Gasteiger partial charge in [0.05, 0.1) is 17.5 Å². The Balaban J connectivity index is 2.79. The first kappa shape index (κ1) is 14.9. The number of hydrogen-bond acceptors (Lipinski definition) is 4. The topological polar surface area (TPSA) is 75.5 Å². The van der Waals surface area contributed by atoms with E-state index < -0.39 is 10.7 Å². The molecule has 0 spiro atoms. The van der Waals surface area contributed by atoms with Crippen molar-refractivity contribution in [2.24, 2.45) is 0 Å². The van der Waals surface area contributed by atoms with Crippen LogP contribution >= 0.6 is 0 Å². The number of hydrogen-bond donors (Lipinski definition) is 1. The molecule has 1 aromatic rings. The van der Waals surface area contributed by atoms with Gasteiger partial charge in [0.1, 0.15) is 5.82 Å². The molecule has 104 valence electrons. The van der Waals surface area contributed by atoms with Gasteiger partial charge < -0.3 is 10.2 Å². The molecule has 1 amide bonds. The molecule has 0 aliphatic heterocycles. The molecule has 1 aromatic carbocycles. The first-order valence-corrected chi connectivity index (χ1v) is 5.87. The molecular formula is C12H16FN3O3. The summed E-state index contributed by atoms with van der Waals surface area (Å²) >= 11 is 0. The molecule has 6 nitrogen and oxygen atoms in total. The van der Waals surface area contributed by atoms with Crippen molar-refractivity contribution in [3.63, 3.8) is 0 Å². The van der Waals surface area contributed by atoms with Crippen molar-refractivity contribution in [2.75, 3.05) is 25.0 Å². The predicted octanol–water partition coefficient (Wildman–Crippen LogP) is 1.70. The highest BCUT2D eigenvalue weighted by molar-refractivity contribution is 5.81. The van der Waals surface area contributed by atoms with E-state index in [0.29, 0.717) is 12.2 Å². The quantitative estimate of drug-likeness (QED) is 0.630. The number of likely N-dealkylation sites (N-methyl/N-ethyl adjacent to an activating group) is 1. The van der Waals surface area contributed by atoms with E-state index in [1.165, 1.54) is 11.0 Å². The van der Waals surface area contributed by atoms with E-state index in [0.717, 1.165) is 18.6 Å². The van der Waals surface area contributed by atoms with Crippen LogP contribution in [0.4, 0.5) is 15.8 Å². The van der Waals surface area contributed by atoms with Crippen molar-refractivity contribution >= 4 is 17.3 Å². The maximum Gasteiger partial charge on any atom is 0.274 e. The van der Waals surface area contributed by atoms with Crippen molar-refractivity contribution in [1.82, 2.24) is 5.32 Å². The molecule has 1 N–H and O–H groups in total. The maximum absolute atomic E-state index is 13.3. The molecule has 19 heavy (non-hydrogen) atoms. The van der Waals surface area contributed by atoms with Gasteiger partial charge in [0.25, 0.3) is 5.69 Å². The average molecular weight is 269 g/mol. The lowest BCUT2D eigenvalue weighted by atomic mass is 10.2. The summed E-state index contributed by atoms with van der Waals surface area (Å²) in [6, 6.07) is 3.23. The summed E-state index contributed by atoms with van der Waals surface area (Å²) in [5.41, 5.74) is -0.0471. The normalized spacial score (nSPS) is 10.1. The van der Waals surface area contributed by atoms with Crippen LogP contribution in [0.2, 0.25) is 0 Å². The SMILES string of the molecule is CCCNC(=O)CN(C)c1cc(F)cc([N+](=O)[O-])c1. The molecule has 0 saturated heterocycles. The van der Waals surface area contributed by atoms with Crippen LogP contribution in [-0.4, -0.2) is 31.0 Å². The molecule has 0 atom stereocenters. The number of carbonyl (C=O) groups excluding carboxylic acids is 1. The van der Waals surface area contributed by atoms with E-state index in [4.69, 9.17) is 0 Å². The minimum atomic E-state index is -0.704. The summed E-state index contributed by atoms with van der Waals surface area (Å²) < 4.78 is 13.3. The summed E-state index contributed by atoms with van der Waals surface area (Å²) in [6.07, 6.45) is 0.820. The second-order valence-corrected chi connectivity index (χ2v) is 4.13. The second kappa shape index (κ2) is 6.67. The third-order valence-corrected chi connectivity index (χ3v) is 2.47. The highest BCUT2D eigenvalue weighted by Gasteiger charge is 2.14. The molecular weight excluding hydrogens is 253 g/mol. The van der Waals surface area contributed by atoms with Crippen LogP contribution in [0.25, 0.3) is 0 Å². The fraction of sp³-hybridized carbons (Fsp3) is 0.417. The molecule has 0 aliphatic rings. The Morgan fingerprint density at radius 3 is 2.74 bits per heavy atom. The van der Waals surface area contributed by atoms with Gasteiger partial charge in [-0.25, -0.2) is 4.39 Å². The predicted molar refractivity (Wildman–Crippen MR) is 69.6 cm³/mol. The van der Waals surface area contributed by atoms with Crippen LogP contribution in [0.1, 0.15) is 13.3 Å². The minimum absolute atomic E-state index is 0.0145. The zero-order valence-corrected chi connectivity index (χ0v) is 10.9. The number of nitro benzene ring substituents is 1. The van der Waals surface area contributed by atoms with E-state index in [1.807, 2.05) is 6.92 Å². The first-order chi connectivity index (χ1) is 8.93. The van der Waals surface area contributed by atoms with Crippen molar-refractivity contribution in [3.05, 3.63) is 34.1 Å². The monoisotopic (exact) mass is 269 g/mol. The molecule has 0 unspecified atom stereocenters. The van der Waals surface area contributed by atoms with Crippen LogP contribution < -0.4 is 10.2 Å². The average Bonchev–Trinajstić information content (AvgIpc) is 2.35. The lowest BCUT2D eigenvalue weighted by molar-refractivity contribution is -0.385. The standard InChI is InChI=1S/C12H16FN3O3/c1-3-4-14-12(17)8-15(2)10-5-9(13)6-11(7-10)16(18)19/h5-7H,3-4,8H2,1-2H3,(H,14,17). The number of halogens is 1. The van der Waals surface area contributed by atoms with Crippen molar-refractivity contribution in [1.29, 1.82) is 0 Å². The number of nitrogens with one attached hydrogen (secondary N) is 1. The number of amides is 1.